The molecule has 0 aliphatic carbocycles. The molecule has 0 radical (unpaired) electrons. The average molecular weight is 351 g/mol. The largest absolute Gasteiger partial charge is 0.376 e. The molecule has 1 N–H and O–H groups in total. The van der Waals surface area contributed by atoms with Crippen LogP contribution in [-0.4, -0.2) is 40.4 Å². The Morgan fingerprint density at radius 3 is 2.92 bits per heavy atom. The molecule has 2 aromatic rings. The number of ether oxygens (including phenoxy) is 1. The molecule has 1 saturated heterocycles. The molecule has 4 rings (SSSR count). The van der Waals surface area contributed by atoms with E-state index in [2.05, 4.69) is 65.4 Å². The van der Waals surface area contributed by atoms with Gasteiger partial charge in [-0.25, -0.2) is 0 Å². The fourth-order valence-electron chi connectivity index (χ4n) is 4.29. The first kappa shape index (κ1) is 17.5. The summed E-state index contributed by atoms with van der Waals surface area (Å²) in [7, 11) is 0. The topological polar surface area (TPSA) is 41.2 Å². The van der Waals surface area contributed by atoms with Crippen LogP contribution in [0.25, 0.3) is 12.2 Å². The summed E-state index contributed by atoms with van der Waals surface area (Å²) in [5, 5.41) is 7.81. The van der Waals surface area contributed by atoms with Crippen LogP contribution in [0, 0.1) is 5.92 Å². The summed E-state index contributed by atoms with van der Waals surface area (Å²) in [6.45, 7) is 8.62. The van der Waals surface area contributed by atoms with Gasteiger partial charge in [0, 0.05) is 43.9 Å². The highest BCUT2D eigenvalue weighted by molar-refractivity contribution is 5.69. The summed E-state index contributed by atoms with van der Waals surface area (Å²) >= 11 is 0. The molecular weight excluding hydrogens is 322 g/mol. The van der Waals surface area contributed by atoms with Crippen LogP contribution in [0.1, 0.15) is 49.2 Å². The molecule has 1 aromatic heterocycles. The van der Waals surface area contributed by atoms with Gasteiger partial charge in [-0.2, -0.15) is 5.10 Å². The van der Waals surface area contributed by atoms with Gasteiger partial charge in [-0.05, 0) is 44.2 Å². The van der Waals surface area contributed by atoms with Gasteiger partial charge in [0.15, 0.2) is 0 Å². The van der Waals surface area contributed by atoms with Gasteiger partial charge in [-0.3, -0.25) is 10.00 Å². The maximum Gasteiger partial charge on any atom is 0.0896 e. The van der Waals surface area contributed by atoms with Crippen molar-refractivity contribution >= 4 is 12.2 Å². The van der Waals surface area contributed by atoms with Gasteiger partial charge in [0.25, 0.3) is 0 Å². The number of hydrogen-bond donors (Lipinski definition) is 1. The van der Waals surface area contributed by atoms with E-state index < -0.39 is 0 Å². The molecule has 0 saturated carbocycles. The fourth-order valence-corrected chi connectivity index (χ4v) is 4.29. The second-order valence-corrected chi connectivity index (χ2v) is 8.26. The number of rotatable bonds is 4. The lowest BCUT2D eigenvalue weighted by Crippen LogP contribution is -2.41. The normalized spacial score (nSPS) is 23.2. The van der Waals surface area contributed by atoms with Crippen molar-refractivity contribution in [3.8, 4) is 0 Å². The number of H-pyrrole nitrogens is 1. The number of aromatic nitrogens is 2. The Bertz CT molecular complexity index is 763. The lowest BCUT2D eigenvalue weighted by molar-refractivity contribution is -0.0773. The van der Waals surface area contributed by atoms with Gasteiger partial charge < -0.3 is 4.74 Å². The zero-order valence-corrected chi connectivity index (χ0v) is 15.9. The van der Waals surface area contributed by atoms with E-state index in [4.69, 9.17) is 4.74 Å². The van der Waals surface area contributed by atoms with E-state index in [0.29, 0.717) is 0 Å². The minimum atomic E-state index is 0.0308. The van der Waals surface area contributed by atoms with E-state index >= 15 is 0 Å². The van der Waals surface area contributed by atoms with Gasteiger partial charge >= 0.3 is 0 Å². The molecular formula is C22H29N3O. The van der Waals surface area contributed by atoms with Crippen molar-refractivity contribution in [3.05, 3.63) is 52.8 Å². The van der Waals surface area contributed by atoms with Gasteiger partial charge in [-0.1, -0.05) is 36.4 Å². The number of aromatic amines is 1. The van der Waals surface area contributed by atoms with Crippen molar-refractivity contribution < 1.29 is 4.74 Å². The van der Waals surface area contributed by atoms with Crippen LogP contribution in [0.3, 0.4) is 0 Å². The highest BCUT2D eigenvalue weighted by atomic mass is 16.5. The van der Waals surface area contributed by atoms with E-state index in [9.17, 15) is 0 Å². The first-order valence-electron chi connectivity index (χ1n) is 9.75. The Hall–Kier alpha value is -1.91. The molecule has 1 atom stereocenters. The number of benzene rings is 1. The zero-order chi connectivity index (χ0) is 18.0. The van der Waals surface area contributed by atoms with E-state index in [1.807, 2.05) is 6.07 Å². The second kappa shape index (κ2) is 7.37. The Labute approximate surface area is 156 Å². The molecule has 0 bridgehead atoms. The summed E-state index contributed by atoms with van der Waals surface area (Å²) in [5.74, 6) is 0.732. The smallest absolute Gasteiger partial charge is 0.0896 e. The van der Waals surface area contributed by atoms with Crippen molar-refractivity contribution in [3.63, 3.8) is 0 Å². The van der Waals surface area contributed by atoms with Crippen molar-refractivity contribution in [2.24, 2.45) is 5.92 Å². The van der Waals surface area contributed by atoms with Crippen molar-refractivity contribution in [1.29, 1.82) is 0 Å². The van der Waals surface area contributed by atoms with Gasteiger partial charge in [0.1, 0.15) is 0 Å². The summed E-state index contributed by atoms with van der Waals surface area (Å²) in [6, 6.07) is 10.4. The van der Waals surface area contributed by atoms with Crippen molar-refractivity contribution in [2.75, 3.05) is 19.7 Å². The molecule has 0 amide bonds. The van der Waals surface area contributed by atoms with Crippen LogP contribution in [-0.2, 0) is 17.7 Å². The van der Waals surface area contributed by atoms with Crippen molar-refractivity contribution in [1.82, 2.24) is 15.1 Å². The third-order valence-electron chi connectivity index (χ3n) is 5.59. The van der Waals surface area contributed by atoms with Gasteiger partial charge in [0.05, 0.1) is 11.3 Å². The Balaban J connectivity index is 1.43. The van der Waals surface area contributed by atoms with Crippen LogP contribution in [0.15, 0.2) is 30.3 Å². The number of hydrogen-bond acceptors (Lipinski definition) is 3. The molecule has 4 nitrogen and oxygen atoms in total. The maximum atomic E-state index is 5.88. The lowest BCUT2D eigenvalue weighted by Gasteiger charge is -2.38. The summed E-state index contributed by atoms with van der Waals surface area (Å²) in [5.41, 5.74) is 5.00. The number of nitrogens with zero attached hydrogens (tertiary/aromatic N) is 2. The van der Waals surface area contributed by atoms with E-state index in [0.717, 1.165) is 44.1 Å². The zero-order valence-electron chi connectivity index (χ0n) is 15.9. The lowest BCUT2D eigenvalue weighted by atomic mass is 9.87. The quantitative estimate of drug-likeness (QED) is 0.900. The van der Waals surface area contributed by atoms with Crippen molar-refractivity contribution in [2.45, 2.75) is 45.3 Å². The summed E-state index contributed by atoms with van der Waals surface area (Å²) in [6.07, 6.45) is 7.69. The molecule has 138 valence electrons. The SMILES string of the molecule is CC1(C)C[C@@H](CN2CCc3[nH]nc(/C=C/c4ccccc4)c3C2)CCO1. The van der Waals surface area contributed by atoms with Crippen LogP contribution in [0.2, 0.25) is 0 Å². The average Bonchev–Trinajstić information content (AvgIpc) is 3.02. The van der Waals surface area contributed by atoms with Gasteiger partial charge in [0.2, 0.25) is 0 Å². The monoisotopic (exact) mass is 351 g/mol. The minimum absolute atomic E-state index is 0.0308. The fraction of sp³-hybridized carbons (Fsp3) is 0.500. The molecule has 0 unspecified atom stereocenters. The molecule has 2 aliphatic heterocycles. The highest BCUT2D eigenvalue weighted by Gasteiger charge is 2.31. The second-order valence-electron chi connectivity index (χ2n) is 8.26. The molecule has 4 heteroatoms. The number of nitrogens with one attached hydrogen (secondary N) is 1. The van der Waals surface area contributed by atoms with Crippen LogP contribution in [0.5, 0.6) is 0 Å². The summed E-state index contributed by atoms with van der Waals surface area (Å²) < 4.78 is 5.88. The first-order chi connectivity index (χ1) is 12.6. The Morgan fingerprint density at radius 2 is 2.12 bits per heavy atom. The van der Waals surface area contributed by atoms with E-state index in [1.165, 1.54) is 29.8 Å². The number of fused-ring (bicyclic) bond motifs is 1. The first-order valence-corrected chi connectivity index (χ1v) is 9.75. The standard InChI is InChI=1S/C22H29N3O/c1-22(2)14-18(11-13-26-22)15-25-12-10-21-19(16-25)20(23-24-21)9-8-17-6-4-3-5-7-17/h3-9,18H,10-16H2,1-2H3,(H,23,24)/b9-8+/t18-/m0/s1. The van der Waals surface area contributed by atoms with Crippen LogP contribution < -0.4 is 0 Å². The third-order valence-corrected chi connectivity index (χ3v) is 5.59. The molecule has 3 heterocycles. The van der Waals surface area contributed by atoms with Crippen LogP contribution in [0.4, 0.5) is 0 Å². The molecule has 2 aliphatic rings. The van der Waals surface area contributed by atoms with E-state index in [1.54, 1.807) is 0 Å². The predicted molar refractivity (Wildman–Crippen MR) is 106 cm³/mol. The molecule has 1 aromatic carbocycles. The predicted octanol–water partition coefficient (Wildman–Crippen LogP) is 4.14. The Morgan fingerprint density at radius 1 is 1.27 bits per heavy atom. The molecule has 0 spiro atoms. The van der Waals surface area contributed by atoms with Gasteiger partial charge in [-0.15, -0.1) is 0 Å². The maximum absolute atomic E-state index is 5.88. The highest BCUT2D eigenvalue weighted by Crippen LogP contribution is 2.30. The third kappa shape index (κ3) is 4.08. The molecule has 1 fully saturated rings. The van der Waals surface area contributed by atoms with E-state index in [-0.39, 0.29) is 5.60 Å². The van der Waals surface area contributed by atoms with Crippen LogP contribution >= 0.6 is 0 Å². The molecule has 26 heavy (non-hydrogen) atoms. The summed E-state index contributed by atoms with van der Waals surface area (Å²) in [4.78, 5) is 2.60. The minimum Gasteiger partial charge on any atom is -0.376 e. The Kier molecular flexibility index (Phi) is 4.96.